The van der Waals surface area contributed by atoms with Crippen LogP contribution in [0.4, 0.5) is 11.6 Å². The molecule has 160 valence electrons. The van der Waals surface area contributed by atoms with E-state index in [-0.39, 0.29) is 6.04 Å². The van der Waals surface area contributed by atoms with Gasteiger partial charge in [0.05, 0.1) is 23.3 Å². The second kappa shape index (κ2) is 9.36. The Kier molecular flexibility index (Phi) is 6.19. The Morgan fingerprint density at radius 2 is 1.72 bits per heavy atom. The van der Waals surface area contributed by atoms with Crippen LogP contribution in [0.5, 0.6) is 11.6 Å². The first-order valence-corrected chi connectivity index (χ1v) is 10.6. The number of nitrogens with one attached hydrogen (secondary N) is 1. The van der Waals surface area contributed by atoms with E-state index in [0.29, 0.717) is 28.7 Å². The van der Waals surface area contributed by atoms with Gasteiger partial charge >= 0.3 is 0 Å². The molecule has 32 heavy (non-hydrogen) atoms. The van der Waals surface area contributed by atoms with Crippen LogP contribution < -0.4 is 15.0 Å². The van der Waals surface area contributed by atoms with E-state index in [1.54, 1.807) is 12.3 Å². The molecule has 2 aromatic carbocycles. The van der Waals surface area contributed by atoms with Gasteiger partial charge in [-0.05, 0) is 68.1 Å². The summed E-state index contributed by atoms with van der Waals surface area (Å²) >= 11 is 0. The first-order chi connectivity index (χ1) is 15.6. The van der Waals surface area contributed by atoms with Gasteiger partial charge in [-0.2, -0.15) is 15.5 Å². The maximum absolute atomic E-state index is 9.13. The molecule has 0 unspecified atom stereocenters. The molecule has 2 heterocycles. The molecule has 1 N–H and O–H groups in total. The molecule has 0 radical (unpaired) electrons. The number of piperidine rings is 1. The third-order valence-electron chi connectivity index (χ3n) is 5.59. The lowest BCUT2D eigenvalue weighted by Crippen LogP contribution is -2.39. The van der Waals surface area contributed by atoms with Crippen LogP contribution >= 0.6 is 0 Å². The van der Waals surface area contributed by atoms with Gasteiger partial charge in [-0.3, -0.25) is 0 Å². The topological polar surface area (TPSA) is 97.9 Å². The number of nitriles is 2. The van der Waals surface area contributed by atoms with Gasteiger partial charge in [0.1, 0.15) is 5.75 Å². The highest BCUT2D eigenvalue weighted by Crippen LogP contribution is 2.29. The quantitative estimate of drug-likeness (QED) is 0.633. The number of hydrogen-bond donors (Lipinski definition) is 1. The van der Waals surface area contributed by atoms with E-state index in [1.165, 1.54) is 0 Å². The maximum atomic E-state index is 9.13. The zero-order chi connectivity index (χ0) is 22.5. The van der Waals surface area contributed by atoms with E-state index in [9.17, 15) is 0 Å². The largest absolute Gasteiger partial charge is 0.438 e. The second-order valence-electron chi connectivity index (χ2n) is 7.94. The lowest BCUT2D eigenvalue weighted by atomic mass is 10.0. The van der Waals surface area contributed by atoms with Crippen LogP contribution in [0.15, 0.2) is 48.7 Å². The summed E-state index contributed by atoms with van der Waals surface area (Å²) in [6.07, 6.45) is 3.57. The fourth-order valence-electron chi connectivity index (χ4n) is 3.99. The summed E-state index contributed by atoms with van der Waals surface area (Å²) in [6, 6.07) is 17.7. The summed E-state index contributed by atoms with van der Waals surface area (Å²) in [5.41, 5.74) is 4.16. The highest BCUT2D eigenvalue weighted by molar-refractivity contribution is 5.52. The highest BCUT2D eigenvalue weighted by atomic mass is 16.5. The molecular weight excluding hydrogens is 400 g/mol. The highest BCUT2D eigenvalue weighted by Gasteiger charge is 2.20. The van der Waals surface area contributed by atoms with E-state index in [2.05, 4.69) is 32.3 Å². The Balaban J connectivity index is 1.39. The first-order valence-electron chi connectivity index (χ1n) is 10.6. The SMILES string of the molecule is Cc1cc(C#N)cc(C)c1Oc1ccnc(NC2CCN(c3cccc(C#N)c3)CC2)n1. The summed E-state index contributed by atoms with van der Waals surface area (Å²) < 4.78 is 6.03. The fourth-order valence-corrected chi connectivity index (χ4v) is 3.99. The van der Waals surface area contributed by atoms with Gasteiger partial charge in [-0.1, -0.05) is 6.07 Å². The number of ether oxygens (including phenoxy) is 1. The normalized spacial score (nSPS) is 13.8. The van der Waals surface area contributed by atoms with E-state index in [4.69, 9.17) is 15.3 Å². The smallest absolute Gasteiger partial charge is 0.226 e. The minimum atomic E-state index is 0.263. The van der Waals surface area contributed by atoms with Gasteiger partial charge < -0.3 is 15.0 Å². The van der Waals surface area contributed by atoms with Crippen LogP contribution in [-0.2, 0) is 0 Å². The molecule has 0 aliphatic carbocycles. The average Bonchev–Trinajstić information content (AvgIpc) is 2.82. The molecule has 1 saturated heterocycles. The van der Waals surface area contributed by atoms with E-state index < -0.39 is 0 Å². The molecule has 7 nitrogen and oxygen atoms in total. The molecular formula is C25H24N6O. The Labute approximate surface area is 187 Å². The van der Waals surface area contributed by atoms with Gasteiger partial charge in [0.2, 0.25) is 11.8 Å². The predicted octanol–water partition coefficient (Wildman–Crippen LogP) is 4.71. The van der Waals surface area contributed by atoms with Crippen molar-refractivity contribution in [1.82, 2.24) is 9.97 Å². The number of hydrogen-bond acceptors (Lipinski definition) is 7. The summed E-state index contributed by atoms with van der Waals surface area (Å²) in [5.74, 6) is 1.71. The van der Waals surface area contributed by atoms with Crippen molar-refractivity contribution in [2.45, 2.75) is 32.7 Å². The van der Waals surface area contributed by atoms with Gasteiger partial charge in [0.25, 0.3) is 0 Å². The number of rotatable bonds is 5. The third kappa shape index (κ3) is 4.79. The number of benzene rings is 2. The number of anilines is 2. The number of nitrogens with zero attached hydrogens (tertiary/aromatic N) is 5. The Morgan fingerprint density at radius 3 is 2.41 bits per heavy atom. The third-order valence-corrected chi connectivity index (χ3v) is 5.59. The number of aryl methyl sites for hydroxylation is 2. The average molecular weight is 425 g/mol. The van der Waals surface area contributed by atoms with Crippen molar-refractivity contribution in [3.63, 3.8) is 0 Å². The van der Waals surface area contributed by atoms with Crippen molar-refractivity contribution >= 4 is 11.6 Å². The predicted molar refractivity (Wildman–Crippen MR) is 123 cm³/mol. The summed E-state index contributed by atoms with van der Waals surface area (Å²) in [7, 11) is 0. The molecule has 1 aliphatic rings. The summed E-state index contributed by atoms with van der Waals surface area (Å²) in [5, 5.41) is 21.7. The van der Waals surface area contributed by atoms with Gasteiger partial charge in [-0.15, -0.1) is 0 Å². The van der Waals surface area contributed by atoms with Crippen molar-refractivity contribution in [2.75, 3.05) is 23.3 Å². The molecule has 1 aliphatic heterocycles. The van der Waals surface area contributed by atoms with Crippen molar-refractivity contribution < 1.29 is 4.74 Å². The zero-order valence-corrected chi connectivity index (χ0v) is 18.2. The van der Waals surface area contributed by atoms with Crippen LogP contribution in [0.25, 0.3) is 0 Å². The molecule has 0 bridgehead atoms. The molecule has 1 aromatic heterocycles. The monoisotopic (exact) mass is 424 g/mol. The molecule has 4 rings (SSSR count). The lowest BCUT2D eigenvalue weighted by Gasteiger charge is -2.34. The van der Waals surface area contributed by atoms with Gasteiger partial charge in [0.15, 0.2) is 0 Å². The Morgan fingerprint density at radius 1 is 1.00 bits per heavy atom. The second-order valence-corrected chi connectivity index (χ2v) is 7.94. The minimum absolute atomic E-state index is 0.263. The molecule has 0 amide bonds. The molecule has 7 heteroatoms. The molecule has 3 aromatic rings. The van der Waals surface area contributed by atoms with Gasteiger partial charge in [0, 0.05) is 37.1 Å². The molecule has 1 fully saturated rings. The van der Waals surface area contributed by atoms with Crippen LogP contribution in [-0.4, -0.2) is 29.1 Å². The van der Waals surface area contributed by atoms with E-state index >= 15 is 0 Å². The van der Waals surface area contributed by atoms with Crippen LogP contribution in [0, 0.1) is 36.5 Å². The number of aromatic nitrogens is 2. The van der Waals surface area contributed by atoms with Crippen molar-refractivity contribution in [1.29, 1.82) is 10.5 Å². The zero-order valence-electron chi connectivity index (χ0n) is 18.2. The minimum Gasteiger partial charge on any atom is -0.438 e. The molecule has 0 spiro atoms. The summed E-state index contributed by atoms with van der Waals surface area (Å²) in [6.45, 7) is 5.63. The van der Waals surface area contributed by atoms with E-state index in [1.807, 2.05) is 50.2 Å². The van der Waals surface area contributed by atoms with Crippen LogP contribution in [0.2, 0.25) is 0 Å². The maximum Gasteiger partial charge on any atom is 0.226 e. The molecule has 0 atom stereocenters. The van der Waals surface area contributed by atoms with Crippen LogP contribution in [0.1, 0.15) is 35.1 Å². The Bertz CT molecular complexity index is 1180. The summed E-state index contributed by atoms with van der Waals surface area (Å²) in [4.78, 5) is 11.2. The van der Waals surface area contributed by atoms with Crippen molar-refractivity contribution in [3.05, 3.63) is 70.9 Å². The van der Waals surface area contributed by atoms with Crippen LogP contribution in [0.3, 0.4) is 0 Å². The van der Waals surface area contributed by atoms with E-state index in [0.717, 1.165) is 42.7 Å². The fraction of sp³-hybridized carbons (Fsp3) is 0.280. The first kappa shape index (κ1) is 21.1. The Hall–Kier alpha value is -4.10. The lowest BCUT2D eigenvalue weighted by molar-refractivity contribution is 0.454. The standard InChI is InChI=1S/C25H24N6O/c1-17-12-20(16-27)13-18(2)24(17)32-23-6-9-28-25(30-23)29-21-7-10-31(11-8-21)22-5-3-4-19(14-22)15-26/h3-6,9,12-14,21H,7-8,10-11H2,1-2H3,(H,28,29,30). The van der Waals surface area contributed by atoms with Crippen molar-refractivity contribution in [2.24, 2.45) is 0 Å². The molecule has 0 saturated carbocycles. The van der Waals surface area contributed by atoms with Gasteiger partial charge in [-0.25, -0.2) is 4.98 Å². The van der Waals surface area contributed by atoms with Crippen molar-refractivity contribution in [3.8, 4) is 23.8 Å².